The average Bonchev–Trinajstić information content (AvgIpc) is 2.34. The van der Waals surface area contributed by atoms with Crippen LogP contribution in [0.2, 0.25) is 0 Å². The first-order chi connectivity index (χ1) is 8.16. The van der Waals surface area contributed by atoms with Crippen molar-refractivity contribution < 1.29 is 0 Å². The molecule has 17 heavy (non-hydrogen) atoms. The van der Waals surface area contributed by atoms with Gasteiger partial charge in [-0.2, -0.15) is 0 Å². The summed E-state index contributed by atoms with van der Waals surface area (Å²) in [6.07, 6.45) is 10.9. The van der Waals surface area contributed by atoms with E-state index in [1.165, 1.54) is 51.4 Å². The van der Waals surface area contributed by atoms with Gasteiger partial charge in [0.1, 0.15) is 0 Å². The van der Waals surface area contributed by atoms with Crippen molar-refractivity contribution in [2.75, 3.05) is 6.54 Å². The number of rotatable bonds is 3. The van der Waals surface area contributed by atoms with Gasteiger partial charge in [-0.3, -0.25) is 0 Å². The highest BCUT2D eigenvalue weighted by atomic mass is 15.0. The fourth-order valence-corrected chi connectivity index (χ4v) is 3.93. The van der Waals surface area contributed by atoms with Crippen molar-refractivity contribution in [1.29, 1.82) is 0 Å². The zero-order chi connectivity index (χ0) is 12.3. The van der Waals surface area contributed by atoms with E-state index in [0.717, 1.165) is 24.4 Å². The molecule has 2 saturated carbocycles. The zero-order valence-corrected chi connectivity index (χ0v) is 11.7. The summed E-state index contributed by atoms with van der Waals surface area (Å²) in [5.74, 6) is 1.62. The molecule has 0 amide bonds. The van der Waals surface area contributed by atoms with Crippen molar-refractivity contribution in [3.63, 3.8) is 0 Å². The van der Waals surface area contributed by atoms with Gasteiger partial charge in [0.2, 0.25) is 0 Å². The Balaban J connectivity index is 1.97. The van der Waals surface area contributed by atoms with Gasteiger partial charge in [0, 0.05) is 18.1 Å². The van der Waals surface area contributed by atoms with E-state index in [1.54, 1.807) is 0 Å². The minimum Gasteiger partial charge on any atom is -0.329 e. The molecular formula is C15H30N2. The second kappa shape index (κ2) is 5.71. The van der Waals surface area contributed by atoms with Gasteiger partial charge in [-0.15, -0.1) is 0 Å². The van der Waals surface area contributed by atoms with Crippen molar-refractivity contribution in [1.82, 2.24) is 5.32 Å². The summed E-state index contributed by atoms with van der Waals surface area (Å²) >= 11 is 0. The maximum Gasteiger partial charge on any atom is 0.0332 e. The molecule has 3 atom stereocenters. The van der Waals surface area contributed by atoms with E-state index in [-0.39, 0.29) is 5.54 Å². The SMILES string of the molecule is CC1CCC(CN)(NC2CCCCC2)C(C)C1. The lowest BCUT2D eigenvalue weighted by Crippen LogP contribution is -2.61. The van der Waals surface area contributed by atoms with Crippen molar-refractivity contribution in [2.45, 2.75) is 76.8 Å². The molecule has 2 aliphatic rings. The Labute approximate surface area is 107 Å². The van der Waals surface area contributed by atoms with Crippen molar-refractivity contribution in [3.05, 3.63) is 0 Å². The Hall–Kier alpha value is -0.0800. The van der Waals surface area contributed by atoms with Gasteiger partial charge >= 0.3 is 0 Å². The predicted molar refractivity (Wildman–Crippen MR) is 74.0 cm³/mol. The van der Waals surface area contributed by atoms with Crippen LogP contribution >= 0.6 is 0 Å². The third-order valence-electron chi connectivity index (χ3n) is 5.24. The third kappa shape index (κ3) is 3.03. The second-order valence-electron chi connectivity index (χ2n) is 6.62. The highest BCUT2D eigenvalue weighted by Gasteiger charge is 2.40. The van der Waals surface area contributed by atoms with Crippen LogP contribution in [0.1, 0.15) is 65.2 Å². The monoisotopic (exact) mass is 238 g/mol. The Morgan fingerprint density at radius 3 is 2.41 bits per heavy atom. The molecule has 0 aromatic heterocycles. The Bertz CT molecular complexity index is 235. The Morgan fingerprint density at radius 1 is 1.12 bits per heavy atom. The first kappa shape index (κ1) is 13.4. The van der Waals surface area contributed by atoms with Crippen molar-refractivity contribution >= 4 is 0 Å². The molecule has 0 spiro atoms. The van der Waals surface area contributed by atoms with Crippen LogP contribution in [0.4, 0.5) is 0 Å². The van der Waals surface area contributed by atoms with Gasteiger partial charge < -0.3 is 11.1 Å². The van der Waals surface area contributed by atoms with E-state index in [0.29, 0.717) is 0 Å². The molecule has 2 nitrogen and oxygen atoms in total. The predicted octanol–water partition coefficient (Wildman–Crippen LogP) is 3.06. The topological polar surface area (TPSA) is 38.0 Å². The van der Waals surface area contributed by atoms with Crippen LogP contribution in [0.3, 0.4) is 0 Å². The molecule has 0 aromatic carbocycles. The summed E-state index contributed by atoms with van der Waals surface area (Å²) in [5.41, 5.74) is 6.37. The van der Waals surface area contributed by atoms with Crippen molar-refractivity contribution in [2.24, 2.45) is 17.6 Å². The van der Waals surface area contributed by atoms with Crippen LogP contribution in [0, 0.1) is 11.8 Å². The molecule has 0 aliphatic heterocycles. The minimum atomic E-state index is 0.245. The molecule has 3 unspecified atom stereocenters. The normalized spacial score (nSPS) is 40.4. The van der Waals surface area contributed by atoms with Crippen LogP contribution in [0.5, 0.6) is 0 Å². The van der Waals surface area contributed by atoms with Gasteiger partial charge in [-0.25, -0.2) is 0 Å². The van der Waals surface area contributed by atoms with Crippen LogP contribution in [-0.2, 0) is 0 Å². The molecule has 0 aromatic rings. The van der Waals surface area contributed by atoms with Crippen LogP contribution in [0.25, 0.3) is 0 Å². The smallest absolute Gasteiger partial charge is 0.0332 e. The molecule has 2 rings (SSSR count). The lowest BCUT2D eigenvalue weighted by molar-refractivity contribution is 0.107. The van der Waals surface area contributed by atoms with E-state index >= 15 is 0 Å². The maximum absolute atomic E-state index is 6.13. The fourth-order valence-electron chi connectivity index (χ4n) is 3.93. The molecule has 0 heterocycles. The third-order valence-corrected chi connectivity index (χ3v) is 5.24. The Kier molecular flexibility index (Phi) is 4.48. The molecule has 2 aliphatic carbocycles. The van der Waals surface area contributed by atoms with E-state index < -0.39 is 0 Å². The maximum atomic E-state index is 6.13. The first-order valence-electron chi connectivity index (χ1n) is 7.64. The number of nitrogens with one attached hydrogen (secondary N) is 1. The summed E-state index contributed by atoms with van der Waals surface area (Å²) in [5, 5.41) is 3.97. The minimum absolute atomic E-state index is 0.245. The molecule has 0 bridgehead atoms. The zero-order valence-electron chi connectivity index (χ0n) is 11.7. The van der Waals surface area contributed by atoms with Gasteiger partial charge in [0.05, 0.1) is 0 Å². The fraction of sp³-hybridized carbons (Fsp3) is 1.00. The highest BCUT2D eigenvalue weighted by molar-refractivity contribution is 4.99. The molecular weight excluding hydrogens is 208 g/mol. The first-order valence-corrected chi connectivity index (χ1v) is 7.64. The molecule has 2 fully saturated rings. The number of nitrogens with two attached hydrogens (primary N) is 1. The largest absolute Gasteiger partial charge is 0.329 e. The van der Waals surface area contributed by atoms with Gasteiger partial charge in [0.25, 0.3) is 0 Å². The summed E-state index contributed by atoms with van der Waals surface area (Å²) in [6.45, 7) is 5.60. The highest BCUT2D eigenvalue weighted by Crippen LogP contribution is 2.37. The van der Waals surface area contributed by atoms with E-state index in [9.17, 15) is 0 Å². The van der Waals surface area contributed by atoms with Crippen LogP contribution < -0.4 is 11.1 Å². The van der Waals surface area contributed by atoms with Crippen LogP contribution in [0.15, 0.2) is 0 Å². The lowest BCUT2D eigenvalue weighted by Gasteiger charge is -2.47. The van der Waals surface area contributed by atoms with E-state index in [4.69, 9.17) is 5.73 Å². The standard InChI is InChI=1S/C15H30N2/c1-12-8-9-15(11-16,13(2)10-12)17-14-6-4-3-5-7-14/h12-14,17H,3-11,16H2,1-2H3. The summed E-state index contributed by atoms with van der Waals surface area (Å²) in [7, 11) is 0. The molecule has 0 saturated heterocycles. The molecule has 3 N–H and O–H groups in total. The second-order valence-corrected chi connectivity index (χ2v) is 6.62. The summed E-state index contributed by atoms with van der Waals surface area (Å²) in [4.78, 5) is 0. The quantitative estimate of drug-likeness (QED) is 0.793. The summed E-state index contributed by atoms with van der Waals surface area (Å²) in [6, 6.07) is 0.739. The molecule has 0 radical (unpaired) electrons. The molecule has 100 valence electrons. The van der Waals surface area contributed by atoms with Gasteiger partial charge in [0.15, 0.2) is 0 Å². The van der Waals surface area contributed by atoms with Gasteiger partial charge in [-0.05, 0) is 43.9 Å². The summed E-state index contributed by atoms with van der Waals surface area (Å²) < 4.78 is 0. The number of hydrogen-bond donors (Lipinski definition) is 2. The van der Waals surface area contributed by atoms with Crippen molar-refractivity contribution in [3.8, 4) is 0 Å². The average molecular weight is 238 g/mol. The van der Waals surface area contributed by atoms with E-state index in [2.05, 4.69) is 19.2 Å². The lowest BCUT2D eigenvalue weighted by atomic mass is 9.69. The Morgan fingerprint density at radius 2 is 1.82 bits per heavy atom. The van der Waals surface area contributed by atoms with E-state index in [1.807, 2.05) is 0 Å². The molecule has 2 heteroatoms. The number of hydrogen-bond acceptors (Lipinski definition) is 2. The van der Waals surface area contributed by atoms with Gasteiger partial charge in [-0.1, -0.05) is 33.1 Å². The van der Waals surface area contributed by atoms with Crippen LogP contribution in [-0.4, -0.2) is 18.1 Å².